The molecule has 1 atom stereocenters. The Balaban J connectivity index is 2.00. The normalized spacial score (nSPS) is 19.9. The lowest BCUT2D eigenvalue weighted by molar-refractivity contribution is 0.150. The first-order chi connectivity index (χ1) is 7.79. The Kier molecular flexibility index (Phi) is 3.91. The summed E-state index contributed by atoms with van der Waals surface area (Å²) in [5, 5.41) is 3.41. The molecule has 1 aliphatic heterocycles. The van der Waals surface area contributed by atoms with Crippen molar-refractivity contribution in [1.82, 2.24) is 15.2 Å². The Bertz CT molecular complexity index is 306. The molecule has 16 heavy (non-hydrogen) atoms. The van der Waals surface area contributed by atoms with Gasteiger partial charge in [-0.05, 0) is 52.0 Å². The van der Waals surface area contributed by atoms with Gasteiger partial charge in [0, 0.05) is 18.3 Å². The van der Waals surface area contributed by atoms with Crippen LogP contribution in [0.3, 0.4) is 0 Å². The number of rotatable bonds is 3. The summed E-state index contributed by atoms with van der Waals surface area (Å²) < 4.78 is 0. The van der Waals surface area contributed by atoms with Crippen molar-refractivity contribution in [3.8, 4) is 0 Å². The Morgan fingerprint density at radius 3 is 2.75 bits per heavy atom. The van der Waals surface area contributed by atoms with Crippen LogP contribution in [0.25, 0.3) is 0 Å². The summed E-state index contributed by atoms with van der Waals surface area (Å²) >= 11 is 0. The molecule has 1 aliphatic rings. The molecule has 0 aromatic carbocycles. The number of hydrogen-bond acceptors (Lipinski definition) is 3. The summed E-state index contributed by atoms with van der Waals surface area (Å²) in [6.07, 6.45) is 4.36. The predicted molar refractivity (Wildman–Crippen MR) is 66.3 cm³/mol. The lowest BCUT2D eigenvalue weighted by Gasteiger charge is -2.35. The van der Waals surface area contributed by atoms with Gasteiger partial charge in [0.1, 0.15) is 0 Å². The molecule has 1 saturated heterocycles. The van der Waals surface area contributed by atoms with Crippen LogP contribution < -0.4 is 5.32 Å². The minimum atomic E-state index is 0.407. The number of aromatic nitrogens is 1. The van der Waals surface area contributed by atoms with Gasteiger partial charge in [0.25, 0.3) is 0 Å². The molecule has 3 heteroatoms. The van der Waals surface area contributed by atoms with Gasteiger partial charge in [-0.15, -0.1) is 0 Å². The van der Waals surface area contributed by atoms with Gasteiger partial charge in [0.2, 0.25) is 0 Å². The third kappa shape index (κ3) is 2.60. The van der Waals surface area contributed by atoms with Gasteiger partial charge in [-0.2, -0.15) is 0 Å². The quantitative estimate of drug-likeness (QED) is 0.840. The SMILES string of the molecule is CC(c1ccccn1)N(C)C1CCNCC1. The van der Waals surface area contributed by atoms with E-state index in [-0.39, 0.29) is 0 Å². The Morgan fingerprint density at radius 1 is 1.38 bits per heavy atom. The van der Waals surface area contributed by atoms with E-state index in [9.17, 15) is 0 Å². The van der Waals surface area contributed by atoms with Crippen molar-refractivity contribution < 1.29 is 0 Å². The highest BCUT2D eigenvalue weighted by Crippen LogP contribution is 2.22. The summed E-state index contributed by atoms with van der Waals surface area (Å²) in [6, 6.07) is 7.25. The predicted octanol–water partition coefficient (Wildman–Crippen LogP) is 1.83. The summed E-state index contributed by atoms with van der Waals surface area (Å²) in [5.74, 6) is 0. The molecule has 0 amide bonds. The minimum Gasteiger partial charge on any atom is -0.317 e. The summed E-state index contributed by atoms with van der Waals surface area (Å²) in [6.45, 7) is 4.53. The zero-order valence-corrected chi connectivity index (χ0v) is 10.2. The lowest BCUT2D eigenvalue weighted by atomic mass is 10.0. The van der Waals surface area contributed by atoms with Crippen molar-refractivity contribution in [2.45, 2.75) is 31.8 Å². The zero-order valence-electron chi connectivity index (χ0n) is 10.2. The first-order valence-electron chi connectivity index (χ1n) is 6.12. The molecule has 0 bridgehead atoms. The van der Waals surface area contributed by atoms with Crippen LogP contribution in [0.1, 0.15) is 31.5 Å². The van der Waals surface area contributed by atoms with E-state index >= 15 is 0 Å². The Hall–Kier alpha value is -0.930. The number of hydrogen-bond donors (Lipinski definition) is 1. The Labute approximate surface area is 97.9 Å². The summed E-state index contributed by atoms with van der Waals surface area (Å²) in [4.78, 5) is 6.90. The number of pyridine rings is 1. The molecule has 3 nitrogen and oxygen atoms in total. The van der Waals surface area contributed by atoms with Crippen LogP contribution in [-0.2, 0) is 0 Å². The van der Waals surface area contributed by atoms with Crippen LogP contribution in [0.5, 0.6) is 0 Å². The molecule has 1 N–H and O–H groups in total. The van der Waals surface area contributed by atoms with Crippen molar-refractivity contribution in [2.24, 2.45) is 0 Å². The van der Waals surface area contributed by atoms with Crippen molar-refractivity contribution >= 4 is 0 Å². The van der Waals surface area contributed by atoms with Crippen molar-refractivity contribution in [2.75, 3.05) is 20.1 Å². The molecule has 1 aromatic rings. The highest BCUT2D eigenvalue weighted by Gasteiger charge is 2.22. The highest BCUT2D eigenvalue weighted by atomic mass is 15.2. The van der Waals surface area contributed by atoms with E-state index in [1.807, 2.05) is 12.3 Å². The molecule has 1 unspecified atom stereocenters. The van der Waals surface area contributed by atoms with E-state index in [0.29, 0.717) is 12.1 Å². The van der Waals surface area contributed by atoms with Crippen molar-refractivity contribution in [1.29, 1.82) is 0 Å². The standard InChI is InChI=1S/C13H21N3/c1-11(13-5-3-4-8-15-13)16(2)12-6-9-14-10-7-12/h3-5,8,11-12,14H,6-7,9-10H2,1-2H3. The third-order valence-electron chi connectivity index (χ3n) is 3.61. The van der Waals surface area contributed by atoms with E-state index in [0.717, 1.165) is 13.1 Å². The number of nitrogens with one attached hydrogen (secondary N) is 1. The van der Waals surface area contributed by atoms with E-state index in [1.54, 1.807) is 0 Å². The Morgan fingerprint density at radius 2 is 2.12 bits per heavy atom. The maximum absolute atomic E-state index is 4.44. The van der Waals surface area contributed by atoms with Gasteiger partial charge in [0.05, 0.1) is 5.69 Å². The first-order valence-corrected chi connectivity index (χ1v) is 6.12. The third-order valence-corrected chi connectivity index (χ3v) is 3.61. The van der Waals surface area contributed by atoms with Gasteiger partial charge >= 0.3 is 0 Å². The van der Waals surface area contributed by atoms with Crippen LogP contribution >= 0.6 is 0 Å². The minimum absolute atomic E-state index is 0.407. The van der Waals surface area contributed by atoms with Gasteiger partial charge in [0.15, 0.2) is 0 Å². The number of piperidine rings is 1. The summed E-state index contributed by atoms with van der Waals surface area (Å²) in [7, 11) is 2.22. The molecule has 0 saturated carbocycles. The smallest absolute Gasteiger partial charge is 0.0572 e. The maximum atomic E-state index is 4.44. The zero-order chi connectivity index (χ0) is 11.4. The van der Waals surface area contributed by atoms with Crippen LogP contribution in [-0.4, -0.2) is 36.1 Å². The number of nitrogens with zero attached hydrogens (tertiary/aromatic N) is 2. The average molecular weight is 219 g/mol. The van der Waals surface area contributed by atoms with Crippen LogP contribution in [0, 0.1) is 0 Å². The lowest BCUT2D eigenvalue weighted by Crippen LogP contribution is -2.42. The molecule has 88 valence electrons. The van der Waals surface area contributed by atoms with Crippen LogP contribution in [0.2, 0.25) is 0 Å². The first kappa shape index (κ1) is 11.6. The second-order valence-electron chi connectivity index (χ2n) is 4.58. The second kappa shape index (κ2) is 5.41. The molecule has 1 aromatic heterocycles. The molecule has 1 fully saturated rings. The van der Waals surface area contributed by atoms with Crippen molar-refractivity contribution in [3.63, 3.8) is 0 Å². The monoisotopic (exact) mass is 219 g/mol. The van der Waals surface area contributed by atoms with E-state index < -0.39 is 0 Å². The molecule has 0 aliphatic carbocycles. The molecule has 0 radical (unpaired) electrons. The largest absolute Gasteiger partial charge is 0.317 e. The fourth-order valence-corrected chi connectivity index (χ4v) is 2.36. The molecule has 0 spiro atoms. The van der Waals surface area contributed by atoms with Crippen LogP contribution in [0.4, 0.5) is 0 Å². The molecular formula is C13H21N3. The highest BCUT2D eigenvalue weighted by molar-refractivity contribution is 5.08. The fraction of sp³-hybridized carbons (Fsp3) is 0.615. The van der Waals surface area contributed by atoms with Gasteiger partial charge < -0.3 is 5.32 Å². The van der Waals surface area contributed by atoms with E-state index in [4.69, 9.17) is 0 Å². The molecular weight excluding hydrogens is 198 g/mol. The molecule has 2 heterocycles. The van der Waals surface area contributed by atoms with Gasteiger partial charge in [-0.3, -0.25) is 9.88 Å². The van der Waals surface area contributed by atoms with E-state index in [2.05, 4.69) is 41.3 Å². The maximum Gasteiger partial charge on any atom is 0.0572 e. The average Bonchev–Trinajstić information content (AvgIpc) is 2.39. The molecule has 2 rings (SSSR count). The van der Waals surface area contributed by atoms with Gasteiger partial charge in [-0.25, -0.2) is 0 Å². The topological polar surface area (TPSA) is 28.2 Å². The van der Waals surface area contributed by atoms with Gasteiger partial charge in [-0.1, -0.05) is 6.07 Å². The second-order valence-corrected chi connectivity index (χ2v) is 4.58. The van der Waals surface area contributed by atoms with Crippen LogP contribution in [0.15, 0.2) is 24.4 Å². The van der Waals surface area contributed by atoms with E-state index in [1.165, 1.54) is 18.5 Å². The fourth-order valence-electron chi connectivity index (χ4n) is 2.36. The van der Waals surface area contributed by atoms with Crippen molar-refractivity contribution in [3.05, 3.63) is 30.1 Å². The summed E-state index contributed by atoms with van der Waals surface area (Å²) in [5.41, 5.74) is 1.17.